The van der Waals surface area contributed by atoms with Crippen LogP contribution in [0.25, 0.3) is 0 Å². The molecule has 4 unspecified atom stereocenters. The lowest BCUT2D eigenvalue weighted by Crippen LogP contribution is -2.32. The number of rotatable bonds is 2. The fourth-order valence-corrected chi connectivity index (χ4v) is 2.83. The Morgan fingerprint density at radius 1 is 1.32 bits per heavy atom. The molecule has 1 amide bonds. The molecule has 19 heavy (non-hydrogen) atoms. The van der Waals surface area contributed by atoms with E-state index < -0.39 is 0 Å². The molecule has 104 valence electrons. The van der Waals surface area contributed by atoms with E-state index in [4.69, 9.17) is 22.1 Å². The summed E-state index contributed by atoms with van der Waals surface area (Å²) in [5.41, 5.74) is 6.78. The summed E-state index contributed by atoms with van der Waals surface area (Å²) in [6, 6.07) is 5.16. The lowest BCUT2D eigenvalue weighted by atomic mass is 9.89. The van der Waals surface area contributed by atoms with Crippen molar-refractivity contribution in [1.82, 2.24) is 0 Å². The summed E-state index contributed by atoms with van der Waals surface area (Å²) in [7, 11) is 0. The third kappa shape index (κ3) is 2.69. The van der Waals surface area contributed by atoms with E-state index in [-0.39, 0.29) is 30.0 Å². The van der Waals surface area contributed by atoms with E-state index in [0.717, 1.165) is 0 Å². The highest BCUT2D eigenvalue weighted by Gasteiger charge is 2.41. The quantitative estimate of drug-likeness (QED) is 0.820. The first-order valence-electron chi connectivity index (χ1n) is 6.42. The summed E-state index contributed by atoms with van der Waals surface area (Å²) in [6.45, 7) is 5.92. The minimum Gasteiger partial charge on any atom is -0.397 e. The van der Waals surface area contributed by atoms with Gasteiger partial charge >= 0.3 is 0 Å². The summed E-state index contributed by atoms with van der Waals surface area (Å²) in [5, 5.41) is 3.27. The van der Waals surface area contributed by atoms with E-state index in [2.05, 4.69) is 5.32 Å². The molecule has 0 aliphatic carbocycles. The predicted molar refractivity (Wildman–Crippen MR) is 77.2 cm³/mol. The second-order valence-electron chi connectivity index (χ2n) is 5.12. The van der Waals surface area contributed by atoms with Crippen LogP contribution in [0.15, 0.2) is 18.2 Å². The Hall–Kier alpha value is -1.26. The molecule has 0 spiro atoms. The normalized spacial score (nSPS) is 30.3. The number of hydrogen-bond acceptors (Lipinski definition) is 3. The van der Waals surface area contributed by atoms with Crippen LogP contribution in [0.2, 0.25) is 5.02 Å². The first-order valence-corrected chi connectivity index (χ1v) is 6.80. The zero-order chi connectivity index (χ0) is 14.2. The fourth-order valence-electron chi connectivity index (χ4n) is 2.60. The maximum Gasteiger partial charge on any atom is 0.230 e. The molecule has 1 aromatic carbocycles. The van der Waals surface area contributed by atoms with E-state index >= 15 is 0 Å². The van der Waals surface area contributed by atoms with Crippen molar-refractivity contribution in [2.75, 3.05) is 11.1 Å². The number of carbonyl (C=O) groups excluding carboxylic acids is 1. The maximum atomic E-state index is 12.4. The molecule has 0 bridgehead atoms. The number of halogens is 1. The van der Waals surface area contributed by atoms with Crippen molar-refractivity contribution in [2.24, 2.45) is 11.8 Å². The van der Waals surface area contributed by atoms with E-state index in [0.29, 0.717) is 16.4 Å². The second kappa shape index (κ2) is 5.39. The van der Waals surface area contributed by atoms with Gasteiger partial charge in [-0.15, -0.1) is 0 Å². The molecule has 0 saturated carbocycles. The number of nitrogen functional groups attached to an aromatic ring is 1. The van der Waals surface area contributed by atoms with Crippen molar-refractivity contribution < 1.29 is 9.53 Å². The molecule has 2 rings (SSSR count). The summed E-state index contributed by atoms with van der Waals surface area (Å²) >= 11 is 6.06. The number of ether oxygens (including phenoxy) is 1. The standard InChI is InChI=1S/C14H19ClN2O2/c1-7-8(2)19-9(3)12(7)14(18)17-13-10(15)5-4-6-11(13)16/h4-9,12H,16H2,1-3H3,(H,17,18). The number of amides is 1. The molecule has 4 nitrogen and oxygen atoms in total. The zero-order valence-electron chi connectivity index (χ0n) is 11.3. The molecule has 1 heterocycles. The Morgan fingerprint density at radius 2 is 2.00 bits per heavy atom. The summed E-state index contributed by atoms with van der Waals surface area (Å²) in [5.74, 6) is -0.117. The van der Waals surface area contributed by atoms with Gasteiger partial charge in [0.05, 0.1) is 34.5 Å². The molecule has 0 aromatic heterocycles. The van der Waals surface area contributed by atoms with Crippen LogP contribution in [-0.2, 0) is 9.53 Å². The zero-order valence-corrected chi connectivity index (χ0v) is 12.1. The van der Waals surface area contributed by atoms with Crippen molar-refractivity contribution in [1.29, 1.82) is 0 Å². The van der Waals surface area contributed by atoms with Gasteiger partial charge in [-0.3, -0.25) is 4.79 Å². The van der Waals surface area contributed by atoms with Crippen LogP contribution < -0.4 is 11.1 Å². The van der Waals surface area contributed by atoms with Crippen LogP contribution in [0.3, 0.4) is 0 Å². The van der Waals surface area contributed by atoms with Crippen LogP contribution >= 0.6 is 11.6 Å². The van der Waals surface area contributed by atoms with Gasteiger partial charge in [-0.25, -0.2) is 0 Å². The number of para-hydroxylation sites is 1. The van der Waals surface area contributed by atoms with Crippen LogP contribution in [0.4, 0.5) is 11.4 Å². The van der Waals surface area contributed by atoms with Gasteiger partial charge in [0.1, 0.15) is 0 Å². The van der Waals surface area contributed by atoms with Crippen molar-refractivity contribution in [3.8, 4) is 0 Å². The highest BCUT2D eigenvalue weighted by atomic mass is 35.5. The summed E-state index contributed by atoms with van der Waals surface area (Å²) < 4.78 is 5.68. The highest BCUT2D eigenvalue weighted by Crippen LogP contribution is 2.35. The molecule has 4 atom stereocenters. The van der Waals surface area contributed by atoms with Gasteiger partial charge in [0.15, 0.2) is 0 Å². The lowest BCUT2D eigenvalue weighted by molar-refractivity contribution is -0.121. The van der Waals surface area contributed by atoms with Crippen molar-refractivity contribution in [3.63, 3.8) is 0 Å². The first kappa shape index (κ1) is 14.2. The third-order valence-electron chi connectivity index (χ3n) is 3.84. The minimum absolute atomic E-state index is 0.0781. The average Bonchev–Trinajstić information content (AvgIpc) is 2.58. The van der Waals surface area contributed by atoms with Gasteiger partial charge < -0.3 is 15.8 Å². The summed E-state index contributed by atoms with van der Waals surface area (Å²) in [4.78, 5) is 12.4. The Balaban J connectivity index is 2.18. The van der Waals surface area contributed by atoms with Gasteiger partial charge in [0, 0.05) is 0 Å². The lowest BCUT2D eigenvalue weighted by Gasteiger charge is -2.19. The van der Waals surface area contributed by atoms with E-state index in [1.807, 2.05) is 20.8 Å². The number of nitrogens with two attached hydrogens (primary N) is 1. The molecule has 1 aromatic rings. The summed E-state index contributed by atoms with van der Waals surface area (Å²) in [6.07, 6.45) is -0.0249. The monoisotopic (exact) mass is 282 g/mol. The van der Waals surface area contributed by atoms with E-state index in [1.165, 1.54) is 0 Å². The van der Waals surface area contributed by atoms with E-state index in [1.54, 1.807) is 18.2 Å². The molecule has 1 aliphatic heterocycles. The smallest absolute Gasteiger partial charge is 0.230 e. The molecule has 3 N–H and O–H groups in total. The van der Waals surface area contributed by atoms with Gasteiger partial charge in [0.25, 0.3) is 0 Å². The van der Waals surface area contributed by atoms with Crippen molar-refractivity contribution >= 4 is 28.9 Å². The van der Waals surface area contributed by atoms with Crippen LogP contribution in [0.1, 0.15) is 20.8 Å². The number of anilines is 2. The fraction of sp³-hybridized carbons (Fsp3) is 0.500. The number of benzene rings is 1. The van der Waals surface area contributed by atoms with E-state index in [9.17, 15) is 4.79 Å². The maximum absolute atomic E-state index is 12.4. The average molecular weight is 283 g/mol. The molecule has 1 saturated heterocycles. The number of hydrogen-bond donors (Lipinski definition) is 2. The van der Waals surface area contributed by atoms with Gasteiger partial charge in [-0.05, 0) is 31.9 Å². The second-order valence-corrected chi connectivity index (χ2v) is 5.53. The Bertz CT molecular complexity index is 472. The van der Waals surface area contributed by atoms with Crippen LogP contribution in [0.5, 0.6) is 0 Å². The molecule has 1 fully saturated rings. The minimum atomic E-state index is -0.189. The van der Waals surface area contributed by atoms with Gasteiger partial charge in [-0.2, -0.15) is 0 Å². The molecular formula is C14H19ClN2O2. The first-order chi connectivity index (χ1) is 8.91. The Kier molecular flexibility index (Phi) is 4.02. The predicted octanol–water partition coefficient (Wildman–Crippen LogP) is 2.92. The number of carbonyl (C=O) groups is 1. The van der Waals surface area contributed by atoms with Crippen LogP contribution in [-0.4, -0.2) is 18.1 Å². The Morgan fingerprint density at radius 3 is 2.53 bits per heavy atom. The molecule has 1 aliphatic rings. The third-order valence-corrected chi connectivity index (χ3v) is 4.15. The highest BCUT2D eigenvalue weighted by molar-refractivity contribution is 6.34. The van der Waals surface area contributed by atoms with Crippen molar-refractivity contribution in [2.45, 2.75) is 33.0 Å². The van der Waals surface area contributed by atoms with Gasteiger partial charge in [-0.1, -0.05) is 24.6 Å². The molecular weight excluding hydrogens is 264 g/mol. The SMILES string of the molecule is CC1OC(C)C(C(=O)Nc2c(N)cccc2Cl)C1C. The van der Waals surface area contributed by atoms with Gasteiger partial charge in [0.2, 0.25) is 5.91 Å². The molecule has 0 radical (unpaired) electrons. The number of nitrogens with one attached hydrogen (secondary N) is 1. The van der Waals surface area contributed by atoms with Crippen molar-refractivity contribution in [3.05, 3.63) is 23.2 Å². The topological polar surface area (TPSA) is 64.3 Å². The Labute approximate surface area is 118 Å². The largest absolute Gasteiger partial charge is 0.397 e. The van der Waals surface area contributed by atoms with Crippen LogP contribution in [0, 0.1) is 11.8 Å². The molecule has 5 heteroatoms.